The molecule has 0 radical (unpaired) electrons. The number of carbonyl (C=O) groups is 1. The number of carbonyl (C=O) groups excluding carboxylic acids is 1. The molecule has 0 spiro atoms. The van der Waals surface area contributed by atoms with Crippen molar-refractivity contribution in [1.29, 1.82) is 0 Å². The minimum Gasteiger partial charge on any atom is -0.324 e. The number of fused-ring (bicyclic) bond motifs is 1. The molecule has 0 aliphatic carbocycles. The Labute approximate surface area is 91.1 Å². The molecule has 14 heavy (non-hydrogen) atoms. The molecule has 2 nitrogen and oxygen atoms in total. The molecule has 2 rings (SSSR count). The zero-order valence-corrected chi connectivity index (χ0v) is 9.17. The third kappa shape index (κ3) is 1.20. The van der Waals surface area contributed by atoms with Gasteiger partial charge in [0, 0.05) is 11.3 Å². The number of halogens is 1. The summed E-state index contributed by atoms with van der Waals surface area (Å²) in [7, 11) is 0. The second-order valence-corrected chi connectivity index (χ2v) is 4.65. The van der Waals surface area contributed by atoms with Crippen LogP contribution in [0.5, 0.6) is 0 Å². The Morgan fingerprint density at radius 2 is 2.21 bits per heavy atom. The second-order valence-electron chi connectivity index (χ2n) is 3.29. The molecule has 72 valence electrons. The smallest absolute Gasteiger partial charge is 0.246 e. The lowest BCUT2D eigenvalue weighted by Gasteiger charge is -2.17. The molecule has 1 aliphatic heterocycles. The van der Waals surface area contributed by atoms with Crippen molar-refractivity contribution < 1.29 is 4.79 Å². The standard InChI is InChI=1S/C11H10BrNO/c1-2-7-11(12)8-5-3-4-6-9(8)13-10(11)14/h2-6H,1,7H2,(H,13,14). The molecule has 0 saturated heterocycles. The molecule has 0 bridgehead atoms. The van der Waals surface area contributed by atoms with Crippen molar-refractivity contribution in [1.82, 2.24) is 0 Å². The molecule has 1 unspecified atom stereocenters. The van der Waals surface area contributed by atoms with Crippen molar-refractivity contribution in [3.8, 4) is 0 Å². The summed E-state index contributed by atoms with van der Waals surface area (Å²) in [6, 6.07) is 7.69. The quantitative estimate of drug-likeness (QED) is 0.636. The van der Waals surface area contributed by atoms with Crippen LogP contribution < -0.4 is 5.32 Å². The van der Waals surface area contributed by atoms with Gasteiger partial charge in [0.25, 0.3) is 0 Å². The van der Waals surface area contributed by atoms with Gasteiger partial charge in [-0.2, -0.15) is 0 Å². The highest BCUT2D eigenvalue weighted by atomic mass is 79.9. The van der Waals surface area contributed by atoms with E-state index in [0.717, 1.165) is 11.3 Å². The number of allylic oxidation sites excluding steroid dienone is 1. The Morgan fingerprint density at radius 3 is 2.93 bits per heavy atom. The van der Waals surface area contributed by atoms with Gasteiger partial charge in [0.05, 0.1) is 0 Å². The number of amides is 1. The molecule has 0 saturated carbocycles. The fourth-order valence-electron chi connectivity index (χ4n) is 1.68. The first-order valence-electron chi connectivity index (χ1n) is 4.39. The zero-order valence-electron chi connectivity index (χ0n) is 7.59. The summed E-state index contributed by atoms with van der Waals surface area (Å²) in [6.07, 6.45) is 2.34. The van der Waals surface area contributed by atoms with Crippen LogP contribution >= 0.6 is 15.9 Å². The Morgan fingerprint density at radius 1 is 1.50 bits per heavy atom. The number of hydrogen-bond acceptors (Lipinski definition) is 1. The van der Waals surface area contributed by atoms with Crippen LogP contribution in [0.15, 0.2) is 36.9 Å². The highest BCUT2D eigenvalue weighted by Crippen LogP contribution is 2.44. The summed E-state index contributed by atoms with van der Waals surface area (Å²) in [4.78, 5) is 11.7. The maximum absolute atomic E-state index is 11.7. The maximum atomic E-state index is 11.7. The second kappa shape index (κ2) is 3.24. The van der Waals surface area contributed by atoms with E-state index in [1.165, 1.54) is 0 Å². The number of para-hydroxylation sites is 1. The largest absolute Gasteiger partial charge is 0.324 e. The van der Waals surface area contributed by atoms with Gasteiger partial charge in [0.15, 0.2) is 0 Å². The topological polar surface area (TPSA) is 29.1 Å². The molecule has 0 fully saturated rings. The van der Waals surface area contributed by atoms with Gasteiger partial charge >= 0.3 is 0 Å². The first-order valence-corrected chi connectivity index (χ1v) is 5.18. The molecular formula is C11H10BrNO. The molecule has 0 aromatic heterocycles. The Kier molecular flexibility index (Phi) is 2.19. The summed E-state index contributed by atoms with van der Waals surface area (Å²) >= 11 is 3.49. The minimum atomic E-state index is -0.620. The Balaban J connectivity index is 2.53. The maximum Gasteiger partial charge on any atom is 0.246 e. The molecule has 1 heterocycles. The Bertz CT molecular complexity index is 402. The normalized spacial score (nSPS) is 24.2. The van der Waals surface area contributed by atoms with Crippen molar-refractivity contribution in [2.75, 3.05) is 5.32 Å². The number of anilines is 1. The SMILES string of the molecule is C=CCC1(Br)C(=O)Nc2ccccc21. The molecular weight excluding hydrogens is 242 g/mol. The van der Waals surface area contributed by atoms with Crippen molar-refractivity contribution in [3.63, 3.8) is 0 Å². The summed E-state index contributed by atoms with van der Waals surface area (Å²) < 4.78 is -0.620. The monoisotopic (exact) mass is 251 g/mol. The van der Waals surface area contributed by atoms with E-state index in [1.54, 1.807) is 6.08 Å². The van der Waals surface area contributed by atoms with E-state index in [1.807, 2.05) is 24.3 Å². The first-order chi connectivity index (χ1) is 6.68. The predicted octanol–water partition coefficient (Wildman–Crippen LogP) is 2.81. The average molecular weight is 252 g/mol. The number of benzene rings is 1. The summed E-state index contributed by atoms with van der Waals surface area (Å²) in [5.74, 6) is -0.0152. The van der Waals surface area contributed by atoms with Crippen LogP contribution in [0, 0.1) is 0 Å². The van der Waals surface area contributed by atoms with E-state index in [9.17, 15) is 4.79 Å². The average Bonchev–Trinajstić information content (AvgIpc) is 2.41. The van der Waals surface area contributed by atoms with E-state index in [-0.39, 0.29) is 5.91 Å². The van der Waals surface area contributed by atoms with Crippen LogP contribution in [0.2, 0.25) is 0 Å². The molecule has 3 heteroatoms. The van der Waals surface area contributed by atoms with Crippen LogP contribution in [0.3, 0.4) is 0 Å². The number of hydrogen-bond donors (Lipinski definition) is 1. The fourth-order valence-corrected chi connectivity index (χ4v) is 2.36. The number of alkyl halides is 1. The zero-order chi connectivity index (χ0) is 10.2. The molecule has 1 aromatic carbocycles. The fraction of sp³-hybridized carbons (Fsp3) is 0.182. The highest BCUT2D eigenvalue weighted by molar-refractivity contribution is 9.10. The highest BCUT2D eigenvalue weighted by Gasteiger charge is 2.43. The van der Waals surface area contributed by atoms with Gasteiger partial charge in [-0.05, 0) is 12.5 Å². The lowest BCUT2D eigenvalue weighted by atomic mass is 9.97. The van der Waals surface area contributed by atoms with Gasteiger partial charge < -0.3 is 5.32 Å². The number of nitrogens with one attached hydrogen (secondary N) is 1. The van der Waals surface area contributed by atoms with Crippen molar-refractivity contribution in [3.05, 3.63) is 42.5 Å². The lowest BCUT2D eigenvalue weighted by Crippen LogP contribution is -2.26. The minimum absolute atomic E-state index is 0.0152. The van der Waals surface area contributed by atoms with Crippen LogP contribution in [-0.2, 0) is 9.12 Å². The third-order valence-electron chi connectivity index (χ3n) is 2.39. The molecule has 1 aliphatic rings. The van der Waals surface area contributed by atoms with Crippen molar-refractivity contribution in [2.24, 2.45) is 0 Å². The van der Waals surface area contributed by atoms with E-state index >= 15 is 0 Å². The molecule has 1 aromatic rings. The van der Waals surface area contributed by atoms with Crippen LogP contribution in [0.4, 0.5) is 5.69 Å². The summed E-state index contributed by atoms with van der Waals surface area (Å²) in [6.45, 7) is 3.67. The summed E-state index contributed by atoms with van der Waals surface area (Å²) in [5.41, 5.74) is 1.88. The molecule has 1 N–H and O–H groups in total. The van der Waals surface area contributed by atoms with Crippen molar-refractivity contribution in [2.45, 2.75) is 10.7 Å². The van der Waals surface area contributed by atoms with Crippen LogP contribution in [0.25, 0.3) is 0 Å². The molecule has 1 amide bonds. The van der Waals surface area contributed by atoms with E-state index < -0.39 is 4.32 Å². The third-order valence-corrected chi connectivity index (χ3v) is 3.50. The predicted molar refractivity (Wildman–Crippen MR) is 60.5 cm³/mol. The van der Waals surface area contributed by atoms with E-state index in [4.69, 9.17) is 0 Å². The van der Waals surface area contributed by atoms with Crippen LogP contribution in [-0.4, -0.2) is 5.91 Å². The lowest BCUT2D eigenvalue weighted by molar-refractivity contribution is -0.117. The summed E-state index contributed by atoms with van der Waals surface area (Å²) in [5, 5.41) is 2.84. The van der Waals surface area contributed by atoms with Gasteiger partial charge in [-0.15, -0.1) is 6.58 Å². The van der Waals surface area contributed by atoms with Crippen LogP contribution in [0.1, 0.15) is 12.0 Å². The Hall–Kier alpha value is -1.09. The van der Waals surface area contributed by atoms with Gasteiger partial charge in [-0.3, -0.25) is 4.79 Å². The first kappa shape index (κ1) is 9.46. The van der Waals surface area contributed by atoms with Gasteiger partial charge in [0.2, 0.25) is 5.91 Å². The van der Waals surface area contributed by atoms with E-state index in [0.29, 0.717) is 6.42 Å². The molecule has 1 atom stereocenters. The van der Waals surface area contributed by atoms with Crippen molar-refractivity contribution >= 4 is 27.5 Å². The number of rotatable bonds is 2. The van der Waals surface area contributed by atoms with Gasteiger partial charge in [-0.1, -0.05) is 40.2 Å². The van der Waals surface area contributed by atoms with Gasteiger partial charge in [0.1, 0.15) is 4.32 Å². The van der Waals surface area contributed by atoms with E-state index in [2.05, 4.69) is 27.8 Å². The van der Waals surface area contributed by atoms with Gasteiger partial charge in [-0.25, -0.2) is 0 Å².